The number of carbonyl (C=O) groups is 1. The number of amides is 1. The summed E-state index contributed by atoms with van der Waals surface area (Å²) in [5.74, 6) is 0.403. The van der Waals surface area contributed by atoms with Crippen LogP contribution in [0.5, 0.6) is 5.75 Å². The monoisotopic (exact) mass is 321 g/mol. The summed E-state index contributed by atoms with van der Waals surface area (Å²) < 4.78 is 5.39. The Morgan fingerprint density at radius 3 is 2.76 bits per heavy atom. The molecule has 0 atom stereocenters. The highest BCUT2D eigenvalue weighted by molar-refractivity contribution is 7.99. The van der Waals surface area contributed by atoms with Crippen LogP contribution in [0.1, 0.15) is 4.88 Å². The molecule has 0 aliphatic carbocycles. The number of benzene rings is 1. The Morgan fingerprint density at radius 1 is 1.43 bits per heavy atom. The van der Waals surface area contributed by atoms with Crippen molar-refractivity contribution in [2.24, 2.45) is 5.73 Å². The minimum absolute atomic E-state index is 0.00499. The van der Waals surface area contributed by atoms with Gasteiger partial charge < -0.3 is 15.8 Å². The first-order valence-electron chi connectivity index (χ1n) is 6.09. The first kappa shape index (κ1) is 15.4. The third kappa shape index (κ3) is 3.99. The van der Waals surface area contributed by atoms with Crippen molar-refractivity contribution in [1.82, 2.24) is 0 Å². The van der Waals surface area contributed by atoms with E-state index in [0.717, 1.165) is 4.90 Å². The zero-order chi connectivity index (χ0) is 15.2. The molecule has 0 saturated heterocycles. The lowest BCUT2D eigenvalue weighted by molar-refractivity contribution is -0.118. The number of nitrogens with two attached hydrogens (primary N) is 1. The van der Waals surface area contributed by atoms with Gasteiger partial charge in [-0.1, -0.05) is 18.2 Å². The lowest BCUT2D eigenvalue weighted by atomic mass is 10.3. The predicted molar refractivity (Wildman–Crippen MR) is 87.7 cm³/mol. The normalized spacial score (nSPS) is 10.1. The van der Waals surface area contributed by atoms with E-state index >= 15 is 0 Å². The van der Waals surface area contributed by atoms with E-state index in [9.17, 15) is 4.79 Å². The maximum atomic E-state index is 11.9. The van der Waals surface area contributed by atoms with Crippen LogP contribution in [0.15, 0.2) is 40.6 Å². The summed E-state index contributed by atoms with van der Waals surface area (Å²) in [6, 6.07) is 9.15. The molecule has 1 amide bonds. The maximum absolute atomic E-state index is 11.9. The number of carbonyl (C=O) groups excluding carboxylic acids is 1. The Labute approximate surface area is 131 Å². The lowest BCUT2D eigenvalue weighted by Gasteiger charge is -2.08. The van der Waals surface area contributed by atoms with Gasteiger partial charge in [0.1, 0.15) is 11.6 Å². The fourth-order valence-corrected chi connectivity index (χ4v) is 3.52. The Hall–Kier alpha value is -1.99. The topological polar surface area (TPSA) is 88.2 Å². The molecule has 4 N–H and O–H groups in total. The van der Waals surface area contributed by atoms with Crippen LogP contribution in [0.2, 0.25) is 0 Å². The van der Waals surface area contributed by atoms with Crippen molar-refractivity contribution >= 4 is 40.5 Å². The molecule has 5 nitrogen and oxygen atoms in total. The van der Waals surface area contributed by atoms with E-state index in [1.165, 1.54) is 23.1 Å². The smallest absolute Gasteiger partial charge is 0.262 e. The number of amidine groups is 1. The minimum Gasteiger partial charge on any atom is -0.484 e. The molecule has 0 bridgehead atoms. The molecule has 2 rings (SSSR count). The number of hydrogen-bond donors (Lipinski definition) is 3. The molecule has 2 aromatic rings. The number of anilines is 1. The molecule has 0 aliphatic rings. The molecule has 0 saturated carbocycles. The summed E-state index contributed by atoms with van der Waals surface area (Å²) in [4.78, 5) is 13.4. The van der Waals surface area contributed by atoms with E-state index in [4.69, 9.17) is 15.9 Å². The number of para-hydroxylation sites is 1. The van der Waals surface area contributed by atoms with Crippen molar-refractivity contribution in [2.75, 3.05) is 18.2 Å². The molecule has 1 heterocycles. The van der Waals surface area contributed by atoms with E-state index in [1.807, 2.05) is 24.5 Å². The largest absolute Gasteiger partial charge is 0.484 e. The van der Waals surface area contributed by atoms with Crippen LogP contribution >= 0.6 is 23.1 Å². The summed E-state index contributed by atoms with van der Waals surface area (Å²) in [7, 11) is 0. The van der Waals surface area contributed by atoms with E-state index < -0.39 is 0 Å². The molecule has 7 heteroatoms. The van der Waals surface area contributed by atoms with Gasteiger partial charge in [0.15, 0.2) is 6.61 Å². The molecule has 0 fully saturated rings. The molecule has 0 aliphatic heterocycles. The first-order chi connectivity index (χ1) is 10.1. The van der Waals surface area contributed by atoms with Gasteiger partial charge in [0.05, 0.1) is 15.5 Å². The zero-order valence-electron chi connectivity index (χ0n) is 11.4. The van der Waals surface area contributed by atoms with E-state index in [-0.39, 0.29) is 18.3 Å². The number of thioether (sulfide) groups is 1. The Morgan fingerprint density at radius 2 is 2.14 bits per heavy atom. The van der Waals surface area contributed by atoms with Gasteiger partial charge in [-0.3, -0.25) is 10.2 Å². The molecule has 110 valence electrons. The van der Waals surface area contributed by atoms with E-state index in [0.29, 0.717) is 16.3 Å². The summed E-state index contributed by atoms with van der Waals surface area (Å²) in [5.41, 5.74) is 6.18. The second-order valence-electron chi connectivity index (χ2n) is 4.08. The van der Waals surface area contributed by atoms with Gasteiger partial charge in [0.2, 0.25) is 0 Å². The van der Waals surface area contributed by atoms with Crippen molar-refractivity contribution in [2.45, 2.75) is 4.90 Å². The SMILES string of the molecule is CSc1c(NC(=O)COc2ccccc2)csc1C(=N)N. The van der Waals surface area contributed by atoms with Gasteiger partial charge in [-0.15, -0.1) is 23.1 Å². The van der Waals surface area contributed by atoms with Crippen molar-refractivity contribution in [1.29, 1.82) is 5.41 Å². The predicted octanol–water partition coefficient (Wildman–Crippen LogP) is 2.77. The third-order valence-corrected chi connectivity index (χ3v) is 4.56. The molecule has 1 aromatic heterocycles. The molecular weight excluding hydrogens is 306 g/mol. The summed E-state index contributed by atoms with van der Waals surface area (Å²) >= 11 is 2.79. The number of hydrogen-bond acceptors (Lipinski definition) is 5. The van der Waals surface area contributed by atoms with Gasteiger partial charge in [0, 0.05) is 5.38 Å². The summed E-state index contributed by atoms with van der Waals surface area (Å²) in [6.45, 7) is -0.0664. The van der Waals surface area contributed by atoms with Crippen LogP contribution in [0.3, 0.4) is 0 Å². The van der Waals surface area contributed by atoms with Crippen LogP contribution < -0.4 is 15.8 Å². The van der Waals surface area contributed by atoms with Gasteiger partial charge in [0.25, 0.3) is 5.91 Å². The quantitative estimate of drug-likeness (QED) is 0.434. The van der Waals surface area contributed by atoms with Crippen molar-refractivity contribution in [3.8, 4) is 5.75 Å². The number of nitrogens with one attached hydrogen (secondary N) is 2. The van der Waals surface area contributed by atoms with Crippen LogP contribution in [-0.4, -0.2) is 24.6 Å². The van der Waals surface area contributed by atoms with Gasteiger partial charge in [-0.05, 0) is 18.4 Å². The van der Waals surface area contributed by atoms with Gasteiger partial charge >= 0.3 is 0 Å². The number of nitrogen functional groups attached to an aromatic ring is 1. The second kappa shape index (κ2) is 7.14. The second-order valence-corrected chi connectivity index (χ2v) is 5.77. The zero-order valence-corrected chi connectivity index (χ0v) is 13.0. The standard InChI is InChI=1S/C14H15N3O2S2/c1-20-12-10(8-21-13(12)14(15)16)17-11(18)7-19-9-5-3-2-4-6-9/h2-6,8H,7H2,1H3,(H3,15,16)(H,17,18). The van der Waals surface area contributed by atoms with Gasteiger partial charge in [-0.25, -0.2) is 0 Å². The molecule has 0 unspecified atom stereocenters. The average molecular weight is 321 g/mol. The maximum Gasteiger partial charge on any atom is 0.262 e. The lowest BCUT2D eigenvalue weighted by Crippen LogP contribution is -2.20. The van der Waals surface area contributed by atoms with Crippen molar-refractivity contribution in [3.05, 3.63) is 40.6 Å². The third-order valence-electron chi connectivity index (χ3n) is 2.58. The van der Waals surface area contributed by atoms with Crippen molar-refractivity contribution in [3.63, 3.8) is 0 Å². The number of rotatable bonds is 6. The Balaban J connectivity index is 1.98. The van der Waals surface area contributed by atoms with E-state index in [1.54, 1.807) is 17.5 Å². The molecule has 0 spiro atoms. The fourth-order valence-electron chi connectivity index (χ4n) is 1.67. The highest BCUT2D eigenvalue weighted by atomic mass is 32.2. The Bertz CT molecular complexity index is 641. The molecular formula is C14H15N3O2S2. The van der Waals surface area contributed by atoms with Crippen LogP contribution in [-0.2, 0) is 4.79 Å². The highest BCUT2D eigenvalue weighted by Crippen LogP contribution is 2.34. The van der Waals surface area contributed by atoms with Crippen molar-refractivity contribution < 1.29 is 9.53 Å². The van der Waals surface area contributed by atoms with Crippen LogP contribution in [0.4, 0.5) is 5.69 Å². The minimum atomic E-state index is -0.248. The summed E-state index contributed by atoms with van der Waals surface area (Å²) in [5, 5.41) is 12.1. The molecule has 0 radical (unpaired) electrons. The Kier molecular flexibility index (Phi) is 5.24. The first-order valence-corrected chi connectivity index (χ1v) is 8.20. The highest BCUT2D eigenvalue weighted by Gasteiger charge is 2.15. The van der Waals surface area contributed by atoms with Gasteiger partial charge in [-0.2, -0.15) is 0 Å². The average Bonchev–Trinajstić information content (AvgIpc) is 2.89. The number of ether oxygens (including phenoxy) is 1. The van der Waals surface area contributed by atoms with Crippen LogP contribution in [0.25, 0.3) is 0 Å². The summed E-state index contributed by atoms with van der Waals surface area (Å²) in [6.07, 6.45) is 1.88. The molecule has 21 heavy (non-hydrogen) atoms. The number of thiophene rings is 1. The fraction of sp³-hybridized carbons (Fsp3) is 0.143. The van der Waals surface area contributed by atoms with Crippen LogP contribution in [0, 0.1) is 5.41 Å². The molecule has 1 aromatic carbocycles. The van der Waals surface area contributed by atoms with E-state index in [2.05, 4.69) is 5.32 Å².